The Bertz CT molecular complexity index is 959. The molecule has 5 nitrogen and oxygen atoms in total. The van der Waals surface area contributed by atoms with Crippen LogP contribution in [-0.4, -0.2) is 26.3 Å². The molecule has 1 N–H and O–H groups in total. The van der Waals surface area contributed by atoms with Crippen LogP contribution < -0.4 is 19.5 Å². The molecule has 144 valence electrons. The minimum absolute atomic E-state index is 0.0132. The van der Waals surface area contributed by atoms with E-state index in [2.05, 4.69) is 34.6 Å². The highest BCUT2D eigenvalue weighted by atomic mass is 16.5. The SMILES string of the molecule is COc1ccc2c(c1)C[C@@H](c1cccnc1)N[C@H]2c1ccc(OC)cc1OC. The Hall–Kier alpha value is -3.05. The van der Waals surface area contributed by atoms with E-state index in [0.29, 0.717) is 0 Å². The molecular formula is C23H24N2O3. The summed E-state index contributed by atoms with van der Waals surface area (Å²) >= 11 is 0. The Labute approximate surface area is 165 Å². The number of hydrogen-bond donors (Lipinski definition) is 1. The fourth-order valence-corrected chi connectivity index (χ4v) is 3.85. The van der Waals surface area contributed by atoms with Crippen molar-refractivity contribution < 1.29 is 14.2 Å². The molecule has 0 saturated heterocycles. The number of rotatable bonds is 5. The van der Waals surface area contributed by atoms with Gasteiger partial charge in [-0.2, -0.15) is 0 Å². The fraction of sp³-hybridized carbons (Fsp3) is 0.261. The van der Waals surface area contributed by atoms with Gasteiger partial charge in [-0.1, -0.05) is 12.1 Å². The quantitative estimate of drug-likeness (QED) is 0.727. The van der Waals surface area contributed by atoms with Crippen LogP contribution in [0.3, 0.4) is 0 Å². The number of nitrogens with zero attached hydrogens (tertiary/aromatic N) is 1. The van der Waals surface area contributed by atoms with Crippen LogP contribution in [0.2, 0.25) is 0 Å². The van der Waals surface area contributed by atoms with Gasteiger partial charge in [0.2, 0.25) is 0 Å². The second-order valence-electron chi connectivity index (χ2n) is 6.82. The molecule has 0 radical (unpaired) electrons. The summed E-state index contributed by atoms with van der Waals surface area (Å²) in [5.41, 5.74) is 4.72. The Morgan fingerprint density at radius 3 is 2.32 bits per heavy atom. The maximum atomic E-state index is 5.68. The average molecular weight is 376 g/mol. The van der Waals surface area contributed by atoms with E-state index in [0.717, 1.165) is 34.8 Å². The van der Waals surface area contributed by atoms with Crippen LogP contribution in [-0.2, 0) is 6.42 Å². The fourth-order valence-electron chi connectivity index (χ4n) is 3.85. The molecule has 2 atom stereocenters. The van der Waals surface area contributed by atoms with E-state index in [1.165, 1.54) is 11.1 Å². The molecule has 3 aromatic rings. The third-order valence-electron chi connectivity index (χ3n) is 5.29. The molecule has 1 aromatic heterocycles. The van der Waals surface area contributed by atoms with Gasteiger partial charge >= 0.3 is 0 Å². The molecule has 1 aliphatic heterocycles. The third kappa shape index (κ3) is 3.41. The molecule has 4 rings (SSSR count). The number of ether oxygens (including phenoxy) is 3. The zero-order valence-corrected chi connectivity index (χ0v) is 16.3. The lowest BCUT2D eigenvalue weighted by atomic mass is 9.84. The smallest absolute Gasteiger partial charge is 0.127 e. The van der Waals surface area contributed by atoms with Crippen molar-refractivity contribution in [2.75, 3.05) is 21.3 Å². The molecule has 0 fully saturated rings. The van der Waals surface area contributed by atoms with Crippen molar-refractivity contribution in [2.45, 2.75) is 18.5 Å². The molecule has 0 saturated carbocycles. The van der Waals surface area contributed by atoms with Crippen LogP contribution in [0, 0.1) is 0 Å². The van der Waals surface area contributed by atoms with Gasteiger partial charge in [0.05, 0.1) is 27.4 Å². The molecule has 5 heteroatoms. The van der Waals surface area contributed by atoms with Crippen LogP contribution in [0.4, 0.5) is 0 Å². The van der Waals surface area contributed by atoms with Gasteiger partial charge in [-0.25, -0.2) is 0 Å². The summed E-state index contributed by atoms with van der Waals surface area (Å²) in [4.78, 5) is 4.30. The maximum absolute atomic E-state index is 5.68. The number of benzene rings is 2. The lowest BCUT2D eigenvalue weighted by Gasteiger charge is -2.34. The zero-order valence-electron chi connectivity index (χ0n) is 16.3. The molecule has 2 aromatic carbocycles. The molecule has 0 unspecified atom stereocenters. The van der Waals surface area contributed by atoms with Crippen molar-refractivity contribution in [3.63, 3.8) is 0 Å². The Morgan fingerprint density at radius 1 is 0.893 bits per heavy atom. The van der Waals surface area contributed by atoms with E-state index >= 15 is 0 Å². The standard InChI is InChI=1S/C23H24N2O3/c1-26-17-6-8-19-16(11-17)12-21(15-5-4-10-24-14-15)25-23(19)20-9-7-18(27-2)13-22(20)28-3/h4-11,13-14,21,23,25H,12H2,1-3H3/t21-,23+/m0/s1. The lowest BCUT2D eigenvalue weighted by Crippen LogP contribution is -2.34. The number of aromatic nitrogens is 1. The molecule has 2 heterocycles. The molecule has 0 bridgehead atoms. The van der Waals surface area contributed by atoms with Crippen LogP contribution in [0.5, 0.6) is 17.2 Å². The summed E-state index contributed by atoms with van der Waals surface area (Å²) < 4.78 is 16.5. The average Bonchev–Trinajstić information content (AvgIpc) is 2.78. The van der Waals surface area contributed by atoms with E-state index in [-0.39, 0.29) is 12.1 Å². The van der Waals surface area contributed by atoms with Gasteiger partial charge in [0.1, 0.15) is 17.2 Å². The van der Waals surface area contributed by atoms with E-state index in [1.807, 2.05) is 30.5 Å². The highest BCUT2D eigenvalue weighted by Crippen LogP contribution is 2.41. The second-order valence-corrected chi connectivity index (χ2v) is 6.82. The van der Waals surface area contributed by atoms with Crippen molar-refractivity contribution in [1.82, 2.24) is 10.3 Å². The van der Waals surface area contributed by atoms with Crippen LogP contribution in [0.25, 0.3) is 0 Å². The predicted molar refractivity (Wildman–Crippen MR) is 108 cm³/mol. The van der Waals surface area contributed by atoms with Gasteiger partial charge in [-0.15, -0.1) is 0 Å². The first-order valence-electron chi connectivity index (χ1n) is 9.28. The van der Waals surface area contributed by atoms with Gasteiger partial charge in [-0.05, 0) is 53.4 Å². The molecule has 28 heavy (non-hydrogen) atoms. The van der Waals surface area contributed by atoms with Crippen LogP contribution >= 0.6 is 0 Å². The first kappa shape index (κ1) is 18.3. The van der Waals surface area contributed by atoms with Crippen molar-refractivity contribution in [3.05, 3.63) is 83.2 Å². The molecule has 0 amide bonds. The van der Waals surface area contributed by atoms with E-state index in [4.69, 9.17) is 14.2 Å². The first-order valence-corrected chi connectivity index (χ1v) is 9.28. The summed E-state index contributed by atoms with van der Waals surface area (Å²) in [6.07, 6.45) is 4.59. The third-order valence-corrected chi connectivity index (χ3v) is 5.29. The minimum atomic E-state index is -0.0132. The predicted octanol–water partition coefficient (Wildman–Crippen LogP) is 4.08. The van der Waals surface area contributed by atoms with E-state index in [1.54, 1.807) is 27.5 Å². The highest BCUT2D eigenvalue weighted by molar-refractivity contribution is 5.50. The van der Waals surface area contributed by atoms with Crippen molar-refractivity contribution in [3.8, 4) is 17.2 Å². The van der Waals surface area contributed by atoms with E-state index < -0.39 is 0 Å². The summed E-state index contributed by atoms with van der Waals surface area (Å²) in [6, 6.07) is 16.4. The minimum Gasteiger partial charge on any atom is -0.497 e. The Balaban J connectivity index is 1.82. The summed E-state index contributed by atoms with van der Waals surface area (Å²) in [5, 5.41) is 3.79. The summed E-state index contributed by atoms with van der Waals surface area (Å²) in [7, 11) is 5.05. The molecular weight excluding hydrogens is 352 g/mol. The maximum Gasteiger partial charge on any atom is 0.127 e. The summed E-state index contributed by atoms with van der Waals surface area (Å²) in [5.74, 6) is 2.44. The number of fused-ring (bicyclic) bond motifs is 1. The number of pyridine rings is 1. The molecule has 0 aliphatic carbocycles. The van der Waals surface area contributed by atoms with Gasteiger partial charge < -0.3 is 14.2 Å². The lowest BCUT2D eigenvalue weighted by molar-refractivity contribution is 0.379. The Kier molecular flexibility index (Phi) is 5.17. The second kappa shape index (κ2) is 7.90. The Morgan fingerprint density at radius 2 is 1.64 bits per heavy atom. The van der Waals surface area contributed by atoms with Gasteiger partial charge in [0.15, 0.2) is 0 Å². The normalized spacial score (nSPS) is 18.2. The van der Waals surface area contributed by atoms with Gasteiger partial charge in [0.25, 0.3) is 0 Å². The number of hydrogen-bond acceptors (Lipinski definition) is 5. The molecule has 1 aliphatic rings. The van der Waals surface area contributed by atoms with Crippen molar-refractivity contribution in [1.29, 1.82) is 0 Å². The monoisotopic (exact) mass is 376 g/mol. The number of nitrogens with one attached hydrogen (secondary N) is 1. The van der Waals surface area contributed by atoms with Crippen molar-refractivity contribution in [2.24, 2.45) is 0 Å². The largest absolute Gasteiger partial charge is 0.497 e. The number of methoxy groups -OCH3 is 3. The van der Waals surface area contributed by atoms with E-state index in [9.17, 15) is 0 Å². The van der Waals surface area contributed by atoms with Crippen LogP contribution in [0.1, 0.15) is 34.3 Å². The van der Waals surface area contributed by atoms with Gasteiger partial charge in [0, 0.05) is 30.1 Å². The topological polar surface area (TPSA) is 52.6 Å². The van der Waals surface area contributed by atoms with Crippen LogP contribution in [0.15, 0.2) is 60.9 Å². The first-order chi connectivity index (χ1) is 13.7. The highest BCUT2D eigenvalue weighted by Gasteiger charge is 2.30. The molecule has 0 spiro atoms. The van der Waals surface area contributed by atoms with Crippen molar-refractivity contribution >= 4 is 0 Å². The zero-order chi connectivity index (χ0) is 19.5. The van der Waals surface area contributed by atoms with Gasteiger partial charge in [-0.3, -0.25) is 10.3 Å². The summed E-state index contributed by atoms with van der Waals surface area (Å²) in [6.45, 7) is 0.